The number of para-hydroxylation sites is 2. The number of hydrogen-bond donors (Lipinski definition) is 19. The number of hydrogen-bond acceptors (Lipinski definition) is 21. The monoisotopic (exact) mass is 1790 g/mol. The third kappa shape index (κ3) is 33.6. The van der Waals surface area contributed by atoms with Crippen LogP contribution in [0.25, 0.3) is 21.8 Å². The van der Waals surface area contributed by atoms with Crippen LogP contribution in [0.4, 0.5) is 0 Å². The second-order valence-electron chi connectivity index (χ2n) is 34.5. The van der Waals surface area contributed by atoms with E-state index >= 15 is 14.4 Å². The number of benzene rings is 3. The van der Waals surface area contributed by atoms with Crippen molar-refractivity contribution >= 4 is 116 Å². The van der Waals surface area contributed by atoms with Crippen molar-refractivity contribution in [3.63, 3.8) is 0 Å². The van der Waals surface area contributed by atoms with E-state index in [0.29, 0.717) is 83.3 Å². The Morgan fingerprint density at radius 2 is 1.12 bits per heavy atom. The molecule has 38 nitrogen and oxygen atoms in total. The fraction of sp³-hybridized carbons (Fsp3) is 0.568. The largest absolute Gasteiger partial charge is 0.481 e. The number of fused-ring (bicyclic) bond motifs is 2. The SMILES string of the molecule is CSCCC(NC(=O)C(Cc1ccccc1)NC(=O)C(CCCNC(=N)N)NC(=O)C(CC(C)C)NC(=O)C1CCCN1C(=O)C(NCCNC(=O)CCc1cn(CCOC(C)(C)COC(C)(C)CN)nn1)C(C)C)C(=O)NC(Cc1c[nH]c2ccccc12)C(=O)NC(C)C(=O)NC(CC(C)C)C(=O)NC(CC(=O)O)C(=O)NC(Cc1c[nH]c2ccccc12)C(=O)O. The molecule has 0 aliphatic carbocycles. The summed E-state index contributed by atoms with van der Waals surface area (Å²) in [5, 5.41) is 70.8. The zero-order chi connectivity index (χ0) is 93.2. The summed E-state index contributed by atoms with van der Waals surface area (Å²) in [7, 11) is 0. The van der Waals surface area contributed by atoms with Crippen LogP contribution in [0, 0.1) is 23.2 Å². The predicted molar refractivity (Wildman–Crippen MR) is 480 cm³/mol. The van der Waals surface area contributed by atoms with Crippen molar-refractivity contribution in [2.75, 3.05) is 57.9 Å². The molecule has 0 radical (unpaired) electrons. The van der Waals surface area contributed by atoms with Gasteiger partial charge in [-0.25, -0.2) is 9.48 Å². The maximum atomic E-state index is 15.2. The second kappa shape index (κ2) is 50.1. The first-order chi connectivity index (χ1) is 60.2. The number of aliphatic carboxylic acids is 2. The summed E-state index contributed by atoms with van der Waals surface area (Å²) in [5.41, 5.74) is 14.1. The number of aryl methyl sites for hydroxylation is 1. The molecule has 127 heavy (non-hydrogen) atoms. The lowest BCUT2D eigenvalue weighted by Gasteiger charge is -2.32. The number of nitrogens with one attached hydrogen (secondary N) is 15. The minimum atomic E-state index is -1.82. The Morgan fingerprint density at radius 1 is 0.598 bits per heavy atom. The van der Waals surface area contributed by atoms with Gasteiger partial charge in [0.2, 0.25) is 65.0 Å². The number of nitrogens with zero attached hydrogens (tertiary/aromatic N) is 4. The fourth-order valence-electron chi connectivity index (χ4n) is 14.5. The van der Waals surface area contributed by atoms with E-state index in [1.807, 2.05) is 55.4 Å². The maximum absolute atomic E-state index is 15.2. The van der Waals surface area contributed by atoms with Crippen molar-refractivity contribution in [1.82, 2.24) is 93.7 Å². The molecule has 1 fully saturated rings. The predicted octanol–water partition coefficient (Wildman–Crippen LogP) is 2.22. The van der Waals surface area contributed by atoms with Crippen molar-refractivity contribution in [2.24, 2.45) is 29.2 Å². The van der Waals surface area contributed by atoms with Gasteiger partial charge >= 0.3 is 11.9 Å². The van der Waals surface area contributed by atoms with Crippen LogP contribution in [-0.4, -0.2) is 259 Å². The minimum absolute atomic E-state index is 0.0152. The van der Waals surface area contributed by atoms with Crippen molar-refractivity contribution in [3.8, 4) is 0 Å². The molecular weight excluding hydrogens is 1660 g/mol. The van der Waals surface area contributed by atoms with Crippen LogP contribution in [0.3, 0.4) is 0 Å². The molecule has 1 aliphatic heterocycles. The van der Waals surface area contributed by atoms with E-state index in [0.717, 1.165) is 0 Å². The molecule has 6 aromatic rings. The van der Waals surface area contributed by atoms with Crippen LogP contribution in [-0.2, 0) is 104 Å². The van der Waals surface area contributed by atoms with Gasteiger partial charge in [-0.2, -0.15) is 11.8 Å². The number of aromatic amines is 2. The van der Waals surface area contributed by atoms with E-state index in [9.17, 15) is 58.2 Å². The van der Waals surface area contributed by atoms with Gasteiger partial charge in [-0.05, 0) is 138 Å². The number of carbonyl (C=O) groups is 13. The number of carbonyl (C=O) groups excluding carboxylic acids is 11. The van der Waals surface area contributed by atoms with Gasteiger partial charge in [-0.1, -0.05) is 113 Å². The molecule has 11 unspecified atom stereocenters. The van der Waals surface area contributed by atoms with E-state index in [2.05, 4.69) is 84.1 Å². The number of amides is 11. The topological polar surface area (TPSA) is 567 Å². The molecule has 4 heterocycles. The number of carboxylic acid groups (broad SMARTS) is 2. The molecule has 0 spiro atoms. The lowest BCUT2D eigenvalue weighted by atomic mass is 10.00. The van der Waals surface area contributed by atoms with Gasteiger partial charge in [-0.3, -0.25) is 62.9 Å². The third-order valence-corrected chi connectivity index (χ3v) is 22.2. The lowest BCUT2D eigenvalue weighted by Crippen LogP contribution is -2.61. The van der Waals surface area contributed by atoms with E-state index in [1.165, 1.54) is 23.6 Å². The highest BCUT2D eigenvalue weighted by Crippen LogP contribution is 2.25. The Bertz CT molecular complexity index is 4690. The highest BCUT2D eigenvalue weighted by Gasteiger charge is 2.42. The molecule has 39 heteroatoms. The molecule has 7 rings (SSSR count). The number of ether oxygens (including phenoxy) is 2. The van der Waals surface area contributed by atoms with Crippen molar-refractivity contribution in [2.45, 2.75) is 244 Å². The first-order valence-corrected chi connectivity index (χ1v) is 44.7. The quantitative estimate of drug-likeness (QED) is 0.0148. The van der Waals surface area contributed by atoms with Crippen LogP contribution in [0.1, 0.15) is 156 Å². The van der Waals surface area contributed by atoms with Crippen LogP contribution < -0.4 is 75.3 Å². The second-order valence-corrected chi connectivity index (χ2v) is 35.5. The summed E-state index contributed by atoms with van der Waals surface area (Å²) < 4.78 is 13.6. The molecule has 0 bridgehead atoms. The number of H-pyrrole nitrogens is 2. The summed E-state index contributed by atoms with van der Waals surface area (Å²) in [6.45, 7) is 22.2. The Balaban J connectivity index is 1.02. The van der Waals surface area contributed by atoms with Gasteiger partial charge < -0.3 is 110 Å². The highest BCUT2D eigenvalue weighted by atomic mass is 32.2. The first kappa shape index (κ1) is 103. The van der Waals surface area contributed by atoms with Gasteiger partial charge in [-0.15, -0.1) is 5.10 Å². The van der Waals surface area contributed by atoms with E-state index in [1.54, 1.807) is 122 Å². The minimum Gasteiger partial charge on any atom is -0.481 e. The summed E-state index contributed by atoms with van der Waals surface area (Å²) in [4.78, 5) is 192. The summed E-state index contributed by atoms with van der Waals surface area (Å²) in [6, 6.07) is 7.96. The maximum Gasteiger partial charge on any atom is 0.326 e. The van der Waals surface area contributed by atoms with Gasteiger partial charge in [0.05, 0.1) is 49.1 Å². The Morgan fingerprint density at radius 3 is 1.69 bits per heavy atom. The molecule has 11 atom stereocenters. The first-order valence-electron chi connectivity index (χ1n) is 43.3. The molecule has 21 N–H and O–H groups in total. The third-order valence-electron chi connectivity index (χ3n) is 21.6. The van der Waals surface area contributed by atoms with Crippen LogP contribution in [0.2, 0.25) is 0 Å². The van der Waals surface area contributed by atoms with E-state index in [-0.39, 0.29) is 132 Å². The number of aromatic nitrogens is 5. The molecule has 3 aromatic heterocycles. The molecular formula is C88H131N21O17S. The summed E-state index contributed by atoms with van der Waals surface area (Å²) in [5.74, 6) is -12.1. The number of rotatable bonds is 55. The average molecular weight is 1790 g/mol. The number of thioether (sulfide) groups is 1. The van der Waals surface area contributed by atoms with E-state index in [4.69, 9.17) is 26.4 Å². The fourth-order valence-corrected chi connectivity index (χ4v) is 14.9. The zero-order valence-corrected chi connectivity index (χ0v) is 75.6. The Labute approximate surface area is 744 Å². The Hall–Kier alpha value is -11.6. The van der Waals surface area contributed by atoms with Gasteiger partial charge in [0.15, 0.2) is 5.96 Å². The van der Waals surface area contributed by atoms with E-state index < -0.39 is 149 Å². The highest BCUT2D eigenvalue weighted by molar-refractivity contribution is 7.98. The van der Waals surface area contributed by atoms with Crippen LogP contribution in [0.5, 0.6) is 0 Å². The van der Waals surface area contributed by atoms with Gasteiger partial charge in [0.25, 0.3) is 0 Å². The Kier molecular flexibility index (Phi) is 40.5. The number of likely N-dealkylation sites (tertiary alicyclic amines) is 1. The standard InChI is InChI=1S/C88H131N21O17S/c1-51(2)40-65(80(118)103-69(45-73(111)112)82(120)105-70(85(123)124)44-57-47-96-62-27-19-17-25-60(57)62)100-75(113)54(7)97-78(116)68(43-56-46-95-61-26-18-16-24-59(56)61)102-77(115)64(32-39-127-12)99-81(119)67(42-55-22-14-13-15-23-55)101-76(114)63(28-20-33-94-86(90)91)98-79(117)66(41-52(3)4)104-83(121)71-29-21-36-109(71)84(122)74(53(5)6)93-35-34-92-72(110)31-30-58-48-108(107-106-58)37-38-125-88(10,11)50-126-87(8,9)49-89/h13-19,22-27,46-48,51-54,63-71,74,93,95-96H,20-21,28-45,49-50,89H2,1-12H3,(H,92,110)(H,97,116)(H,98,117)(H,99,119)(H,100,113)(H,101,114)(H,102,115)(H,103,118)(H,104,121)(H,105,120)(H,111,112)(H,123,124)(H4,90,91,94). The molecule has 696 valence electrons. The van der Waals surface area contributed by atoms with Crippen molar-refractivity contribution < 1.29 is 82.0 Å². The molecule has 1 aliphatic rings. The zero-order valence-electron chi connectivity index (χ0n) is 74.7. The van der Waals surface area contributed by atoms with Crippen molar-refractivity contribution in [3.05, 3.63) is 120 Å². The number of guanidine groups is 1. The normalized spacial score (nSPS) is 15.3. The van der Waals surface area contributed by atoms with Crippen LogP contribution in [0.15, 0.2) is 97.5 Å². The van der Waals surface area contributed by atoms with Gasteiger partial charge in [0.1, 0.15) is 60.4 Å². The molecule has 0 saturated carbocycles. The number of carboxylic acids is 2. The average Bonchev–Trinajstić information content (AvgIpc) is 1.66. The van der Waals surface area contributed by atoms with Gasteiger partial charge in [0, 0.05) is 105 Å². The lowest BCUT2D eigenvalue weighted by molar-refractivity contribution is -0.143. The summed E-state index contributed by atoms with van der Waals surface area (Å²) >= 11 is 1.35. The molecule has 11 amide bonds. The number of nitrogens with two attached hydrogens (primary N) is 2. The smallest absolute Gasteiger partial charge is 0.326 e. The van der Waals surface area contributed by atoms with Crippen LogP contribution >= 0.6 is 11.8 Å². The summed E-state index contributed by atoms with van der Waals surface area (Å²) in [6.07, 6.45) is 6.61. The molecule has 1 saturated heterocycles. The van der Waals surface area contributed by atoms with Crippen molar-refractivity contribution in [1.29, 1.82) is 5.41 Å². The molecule has 3 aromatic carbocycles.